The third-order valence-corrected chi connectivity index (χ3v) is 4.37. The molecule has 0 radical (unpaired) electrons. The predicted molar refractivity (Wildman–Crippen MR) is 103 cm³/mol. The van der Waals surface area contributed by atoms with Crippen LogP contribution in [0.2, 0.25) is 0 Å². The van der Waals surface area contributed by atoms with Crippen LogP contribution in [0.3, 0.4) is 0 Å². The predicted octanol–water partition coefficient (Wildman–Crippen LogP) is 4.75. The molecule has 25 heavy (non-hydrogen) atoms. The summed E-state index contributed by atoms with van der Waals surface area (Å²) in [5.41, 5.74) is 1.92. The van der Waals surface area contributed by atoms with Gasteiger partial charge in [0.1, 0.15) is 0 Å². The Morgan fingerprint density at radius 2 is 1.56 bits per heavy atom. The lowest BCUT2D eigenvalue weighted by molar-refractivity contribution is 0.288. The van der Waals surface area contributed by atoms with Gasteiger partial charge in [0.25, 0.3) is 0 Å². The van der Waals surface area contributed by atoms with Gasteiger partial charge in [-0.3, -0.25) is 4.79 Å². The zero-order valence-corrected chi connectivity index (χ0v) is 15.2. The van der Waals surface area contributed by atoms with Gasteiger partial charge in [-0.05, 0) is 38.5 Å². The second kappa shape index (κ2) is 7.60. The number of benzene rings is 2. The van der Waals surface area contributed by atoms with E-state index in [1.165, 1.54) is 0 Å². The summed E-state index contributed by atoms with van der Waals surface area (Å²) in [6.07, 6.45) is 2.15. The number of fused-ring (bicyclic) bond motifs is 2. The Hall–Kier alpha value is -2.49. The number of hydrogen-bond acceptors (Lipinski definition) is 3. The van der Waals surface area contributed by atoms with Crippen molar-refractivity contribution < 1.29 is 9.47 Å². The van der Waals surface area contributed by atoms with Gasteiger partial charge in [0.05, 0.1) is 29.6 Å². The second-order valence-corrected chi connectivity index (χ2v) is 6.03. The fourth-order valence-corrected chi connectivity index (χ4v) is 3.22. The molecular weight excluding hydrogens is 314 g/mol. The normalized spacial score (nSPS) is 11.2. The van der Waals surface area contributed by atoms with Crippen molar-refractivity contribution in [3.8, 4) is 11.5 Å². The molecule has 132 valence electrons. The highest BCUT2D eigenvalue weighted by atomic mass is 16.5. The molecule has 0 saturated heterocycles. The molecule has 4 heteroatoms. The van der Waals surface area contributed by atoms with Crippen molar-refractivity contribution in [1.29, 1.82) is 0 Å². The van der Waals surface area contributed by atoms with E-state index in [-0.39, 0.29) is 5.43 Å². The van der Waals surface area contributed by atoms with Crippen LogP contribution in [0.4, 0.5) is 0 Å². The molecule has 2 aromatic carbocycles. The fourth-order valence-electron chi connectivity index (χ4n) is 3.22. The van der Waals surface area contributed by atoms with E-state index >= 15 is 0 Å². The maximum Gasteiger partial charge on any atom is 0.197 e. The van der Waals surface area contributed by atoms with Gasteiger partial charge >= 0.3 is 0 Å². The highest BCUT2D eigenvalue weighted by Crippen LogP contribution is 2.33. The number of para-hydroxylation sites is 1. The molecular formula is C21H25NO3. The molecule has 0 saturated carbocycles. The van der Waals surface area contributed by atoms with Gasteiger partial charge < -0.3 is 14.0 Å². The average molecular weight is 339 g/mol. The number of nitrogens with zero attached hydrogens (tertiary/aromatic N) is 1. The zero-order chi connectivity index (χ0) is 17.8. The number of aromatic nitrogens is 1. The summed E-state index contributed by atoms with van der Waals surface area (Å²) in [5.74, 6) is 1.32. The lowest BCUT2D eigenvalue weighted by Gasteiger charge is -2.18. The van der Waals surface area contributed by atoms with Crippen molar-refractivity contribution in [1.82, 2.24) is 4.57 Å². The van der Waals surface area contributed by atoms with Crippen molar-refractivity contribution in [2.45, 2.75) is 40.2 Å². The Morgan fingerprint density at radius 1 is 0.880 bits per heavy atom. The molecule has 0 aliphatic carbocycles. The van der Waals surface area contributed by atoms with Crippen LogP contribution in [0.5, 0.6) is 11.5 Å². The van der Waals surface area contributed by atoms with Gasteiger partial charge in [-0.15, -0.1) is 0 Å². The largest absolute Gasteiger partial charge is 0.490 e. The first-order chi connectivity index (χ1) is 12.2. The Labute approximate surface area is 148 Å². The molecule has 0 N–H and O–H groups in total. The monoisotopic (exact) mass is 339 g/mol. The van der Waals surface area contributed by atoms with Gasteiger partial charge in [0.15, 0.2) is 16.9 Å². The summed E-state index contributed by atoms with van der Waals surface area (Å²) in [6, 6.07) is 11.6. The first-order valence-corrected chi connectivity index (χ1v) is 9.06. The number of aryl methyl sites for hydroxylation is 1. The van der Waals surface area contributed by atoms with E-state index in [1.807, 2.05) is 50.2 Å². The van der Waals surface area contributed by atoms with E-state index in [1.54, 1.807) is 0 Å². The number of ether oxygens (including phenoxy) is 2. The number of unbranched alkanes of at least 4 members (excludes halogenated alkanes) is 1. The van der Waals surface area contributed by atoms with Crippen LogP contribution >= 0.6 is 0 Å². The number of rotatable bonds is 7. The molecule has 0 fully saturated rings. The molecule has 0 spiro atoms. The third-order valence-electron chi connectivity index (χ3n) is 4.37. The molecule has 3 aromatic rings. The Morgan fingerprint density at radius 3 is 2.24 bits per heavy atom. The Balaban J connectivity index is 2.38. The van der Waals surface area contributed by atoms with Crippen LogP contribution in [0.25, 0.3) is 21.8 Å². The van der Waals surface area contributed by atoms with E-state index in [0.29, 0.717) is 30.1 Å². The lowest BCUT2D eigenvalue weighted by Crippen LogP contribution is -2.12. The average Bonchev–Trinajstić information content (AvgIpc) is 2.63. The van der Waals surface area contributed by atoms with E-state index in [4.69, 9.17) is 9.47 Å². The topological polar surface area (TPSA) is 40.5 Å². The van der Waals surface area contributed by atoms with Crippen molar-refractivity contribution >= 4 is 21.8 Å². The van der Waals surface area contributed by atoms with Gasteiger partial charge in [0, 0.05) is 18.0 Å². The van der Waals surface area contributed by atoms with Crippen molar-refractivity contribution in [2.24, 2.45) is 0 Å². The maximum absolute atomic E-state index is 13.0. The third kappa shape index (κ3) is 3.21. The standard InChI is InChI=1S/C21H25NO3/c1-4-7-12-22-17-11-9-8-10-15(17)21(23)16-13-19(24-5-2)20(25-6-3)14-18(16)22/h8-11,13-14H,4-7,12H2,1-3H3. The molecule has 0 atom stereocenters. The van der Waals surface area contributed by atoms with Crippen molar-refractivity contribution in [3.05, 3.63) is 46.6 Å². The van der Waals surface area contributed by atoms with Gasteiger partial charge in [0.2, 0.25) is 0 Å². The molecule has 3 rings (SSSR count). The molecule has 1 aromatic heterocycles. The Kier molecular flexibility index (Phi) is 5.27. The molecule has 0 amide bonds. The summed E-state index contributed by atoms with van der Waals surface area (Å²) in [6.45, 7) is 8.00. The van der Waals surface area contributed by atoms with Crippen molar-refractivity contribution in [2.75, 3.05) is 13.2 Å². The summed E-state index contributed by atoms with van der Waals surface area (Å²) in [7, 11) is 0. The summed E-state index contributed by atoms with van der Waals surface area (Å²) >= 11 is 0. The summed E-state index contributed by atoms with van der Waals surface area (Å²) in [5, 5.41) is 1.43. The maximum atomic E-state index is 13.0. The van der Waals surface area contributed by atoms with Crippen molar-refractivity contribution in [3.63, 3.8) is 0 Å². The minimum absolute atomic E-state index is 0.0438. The minimum Gasteiger partial charge on any atom is -0.490 e. The SMILES string of the molecule is CCCCn1c2ccccc2c(=O)c2cc(OCC)c(OCC)cc21. The van der Waals surface area contributed by atoms with E-state index in [2.05, 4.69) is 11.5 Å². The number of pyridine rings is 1. The summed E-state index contributed by atoms with van der Waals surface area (Å²) < 4.78 is 13.7. The van der Waals surface area contributed by atoms with Gasteiger partial charge in [-0.25, -0.2) is 0 Å². The quantitative estimate of drug-likeness (QED) is 0.583. The molecule has 0 aliphatic heterocycles. The fraction of sp³-hybridized carbons (Fsp3) is 0.381. The van der Waals surface area contributed by atoms with Crippen LogP contribution in [-0.2, 0) is 6.54 Å². The van der Waals surface area contributed by atoms with Crippen LogP contribution in [0.1, 0.15) is 33.6 Å². The molecule has 0 aliphatic rings. The Bertz CT molecular complexity index is 943. The van der Waals surface area contributed by atoms with Crippen LogP contribution in [0.15, 0.2) is 41.2 Å². The highest BCUT2D eigenvalue weighted by Gasteiger charge is 2.15. The van der Waals surface area contributed by atoms with Gasteiger partial charge in [-0.1, -0.05) is 25.5 Å². The smallest absolute Gasteiger partial charge is 0.197 e. The van der Waals surface area contributed by atoms with E-state index in [0.717, 1.165) is 35.8 Å². The zero-order valence-electron chi connectivity index (χ0n) is 15.2. The van der Waals surface area contributed by atoms with E-state index < -0.39 is 0 Å². The molecule has 0 bridgehead atoms. The second-order valence-electron chi connectivity index (χ2n) is 6.03. The molecule has 4 nitrogen and oxygen atoms in total. The first-order valence-electron chi connectivity index (χ1n) is 9.06. The van der Waals surface area contributed by atoms with Gasteiger partial charge in [-0.2, -0.15) is 0 Å². The number of hydrogen-bond donors (Lipinski definition) is 0. The van der Waals surface area contributed by atoms with E-state index in [9.17, 15) is 4.79 Å². The van der Waals surface area contributed by atoms with Crippen LogP contribution in [0, 0.1) is 0 Å². The minimum atomic E-state index is 0.0438. The molecule has 0 unspecified atom stereocenters. The first kappa shape index (κ1) is 17.3. The highest BCUT2D eigenvalue weighted by molar-refractivity contribution is 5.95. The van der Waals surface area contributed by atoms with Crippen LogP contribution in [-0.4, -0.2) is 17.8 Å². The summed E-state index contributed by atoms with van der Waals surface area (Å²) in [4.78, 5) is 13.0. The lowest BCUT2D eigenvalue weighted by atomic mass is 10.1. The van der Waals surface area contributed by atoms with Crippen LogP contribution < -0.4 is 14.9 Å². The molecule has 1 heterocycles.